The number of carbonyl (C=O) groups excluding carboxylic acids is 1. The maximum atomic E-state index is 12.7. The Bertz CT molecular complexity index is 916. The Kier molecular flexibility index (Phi) is 12.0. The van der Waals surface area contributed by atoms with Gasteiger partial charge in [-0.05, 0) is 0 Å². The zero-order valence-corrected chi connectivity index (χ0v) is 22.3. The first-order valence-corrected chi connectivity index (χ1v) is 13.8. The third kappa shape index (κ3) is 7.95. The molecule has 3 saturated heterocycles. The molecule has 41 heavy (non-hydrogen) atoms. The number of aliphatic hydroxyl groups excluding tert-OH is 10. The van der Waals surface area contributed by atoms with Crippen LogP contribution in [0.5, 0.6) is 0 Å². The molecule has 0 bridgehead atoms. The average Bonchev–Trinajstić information content (AvgIpc) is 2.91. The van der Waals surface area contributed by atoms with E-state index in [0.717, 1.165) is 6.92 Å². The van der Waals surface area contributed by atoms with Gasteiger partial charge in [-0.1, -0.05) is 0 Å². The molecule has 12 N–H and O–H groups in total. The molecule has 3 heterocycles. The van der Waals surface area contributed by atoms with Gasteiger partial charge in [0.15, 0.2) is 18.9 Å². The molecule has 0 aliphatic carbocycles. The summed E-state index contributed by atoms with van der Waals surface area (Å²) in [5.74, 6) is -0.745. The van der Waals surface area contributed by atoms with E-state index < -0.39 is 126 Å². The van der Waals surface area contributed by atoms with Gasteiger partial charge in [0.05, 0.1) is 19.8 Å². The summed E-state index contributed by atoms with van der Waals surface area (Å²) >= 11 is 0. The van der Waals surface area contributed by atoms with Crippen molar-refractivity contribution in [3.8, 4) is 0 Å². The topological polar surface area (TPSA) is 324 Å². The predicted molar refractivity (Wildman–Crippen MR) is 124 cm³/mol. The minimum Gasteiger partial charge on any atom is -0.394 e. The first-order valence-electron chi connectivity index (χ1n) is 12.3. The molecule has 21 heteroatoms. The normalized spacial score (nSPS) is 47.0. The van der Waals surface area contributed by atoms with E-state index in [1.807, 2.05) is 0 Å². The number of hydrogen-bond acceptors (Lipinski definition) is 18. The van der Waals surface area contributed by atoms with Gasteiger partial charge in [-0.3, -0.25) is 13.8 Å². The van der Waals surface area contributed by atoms with Crippen LogP contribution in [0.3, 0.4) is 0 Å². The number of rotatable bonds is 10. The van der Waals surface area contributed by atoms with Crippen molar-refractivity contribution in [2.45, 2.75) is 99.0 Å². The molecule has 16 atom stereocenters. The fourth-order valence-electron chi connectivity index (χ4n) is 4.43. The minimum atomic E-state index is -5.23. The maximum absolute atomic E-state index is 12.7. The number of ether oxygens (including phenoxy) is 4. The van der Waals surface area contributed by atoms with Crippen molar-refractivity contribution in [1.29, 1.82) is 0 Å². The fraction of sp³-hybridized carbons (Fsp3) is 0.950. The highest BCUT2D eigenvalue weighted by Gasteiger charge is 2.52. The van der Waals surface area contributed by atoms with Crippen molar-refractivity contribution in [3.63, 3.8) is 0 Å². The van der Waals surface area contributed by atoms with Crippen molar-refractivity contribution < 1.29 is 93.3 Å². The van der Waals surface area contributed by atoms with Crippen LogP contribution in [-0.2, 0) is 37.4 Å². The highest BCUT2D eigenvalue weighted by molar-refractivity contribution is 7.47. The lowest BCUT2D eigenvalue weighted by Crippen LogP contribution is -2.64. The van der Waals surface area contributed by atoms with Crippen molar-refractivity contribution in [1.82, 2.24) is 5.32 Å². The summed E-state index contributed by atoms with van der Waals surface area (Å²) in [5.41, 5.74) is 0. The lowest BCUT2D eigenvalue weighted by atomic mass is 9.97. The van der Waals surface area contributed by atoms with Crippen molar-refractivity contribution in [2.75, 3.05) is 19.8 Å². The standard InChI is InChI=1S/C20H36NO19P/c1-5(24)21-9-13(28)10(25)7(3-23)37-19(9)40-41(33,34)35-4-8-12(27)14(29)16(31)20(38-8)39-17-15(30)11(26)6(2-22)36-18(17)32/h6-20,22-23,25-32H,2-4H2,1H3,(H,21,24)(H,33,34)/t6-,7-,8-,9-,10-,11-,12-,13-,14+,15+,16+,17+,18+,19-,20-/m1/s1. The molecule has 3 rings (SSSR count). The summed E-state index contributed by atoms with van der Waals surface area (Å²) in [6.45, 7) is -1.62. The molecule has 20 nitrogen and oxygen atoms in total. The first-order chi connectivity index (χ1) is 19.1. The number of aliphatic hydroxyl groups is 10. The van der Waals surface area contributed by atoms with Gasteiger partial charge in [0, 0.05) is 6.92 Å². The van der Waals surface area contributed by atoms with Crippen LogP contribution in [0.2, 0.25) is 0 Å². The molecule has 0 radical (unpaired) electrons. The fourth-order valence-corrected chi connectivity index (χ4v) is 5.27. The highest BCUT2D eigenvalue weighted by atomic mass is 31.2. The second kappa shape index (κ2) is 14.2. The molecule has 0 aromatic rings. The van der Waals surface area contributed by atoms with Crippen LogP contribution in [0.4, 0.5) is 0 Å². The zero-order chi connectivity index (χ0) is 30.8. The van der Waals surface area contributed by atoms with Gasteiger partial charge in [-0.2, -0.15) is 0 Å². The Morgan fingerprint density at radius 2 is 1.29 bits per heavy atom. The number of amides is 1. The Labute approximate surface area is 231 Å². The third-order valence-electron chi connectivity index (χ3n) is 6.69. The van der Waals surface area contributed by atoms with Crippen molar-refractivity contribution in [3.05, 3.63) is 0 Å². The zero-order valence-electron chi connectivity index (χ0n) is 21.4. The van der Waals surface area contributed by atoms with Crippen LogP contribution in [0, 0.1) is 0 Å². The SMILES string of the molecule is CC(=O)N[C@H]1[C@@H](OP(=O)(O)OC[C@H]2O[C@H](O[C@H]3[C@@H](O)[C@H](O)[C@@H](CO)O[C@@H]3O)[C@@H](O)[C@@H](O)[C@@H]2O)O[C@H](CO)[C@@H](O)[C@@H]1O. The monoisotopic (exact) mass is 625 g/mol. The van der Waals surface area contributed by atoms with E-state index in [4.69, 9.17) is 28.0 Å². The number of phosphoric ester groups is 1. The van der Waals surface area contributed by atoms with Crippen LogP contribution in [0.25, 0.3) is 0 Å². The van der Waals surface area contributed by atoms with Crippen molar-refractivity contribution in [2.24, 2.45) is 0 Å². The molecule has 3 aliphatic rings. The Balaban J connectivity index is 1.67. The summed E-state index contributed by atoms with van der Waals surface area (Å²) in [4.78, 5) is 21.8. The third-order valence-corrected chi connectivity index (χ3v) is 7.64. The largest absolute Gasteiger partial charge is 0.474 e. The summed E-state index contributed by atoms with van der Waals surface area (Å²) in [5, 5.41) is 102. The van der Waals surface area contributed by atoms with Gasteiger partial charge in [0.25, 0.3) is 0 Å². The smallest absolute Gasteiger partial charge is 0.394 e. The summed E-state index contributed by atoms with van der Waals surface area (Å²) in [6, 6.07) is -1.60. The first kappa shape index (κ1) is 34.5. The van der Waals surface area contributed by atoms with E-state index in [1.165, 1.54) is 0 Å². The molecule has 0 saturated carbocycles. The van der Waals surface area contributed by atoms with Crippen LogP contribution in [0.15, 0.2) is 0 Å². The van der Waals surface area contributed by atoms with E-state index in [0.29, 0.717) is 0 Å². The molecular formula is C20H36NO19P. The Morgan fingerprint density at radius 1 is 0.756 bits per heavy atom. The van der Waals surface area contributed by atoms with E-state index in [9.17, 15) is 65.3 Å². The molecule has 3 fully saturated rings. The van der Waals surface area contributed by atoms with Crippen LogP contribution < -0.4 is 5.32 Å². The molecule has 0 aromatic carbocycles. The van der Waals surface area contributed by atoms with Crippen LogP contribution >= 0.6 is 7.82 Å². The average molecular weight is 625 g/mol. The Morgan fingerprint density at radius 3 is 1.88 bits per heavy atom. The highest BCUT2D eigenvalue weighted by Crippen LogP contribution is 2.47. The minimum absolute atomic E-state index is 0.745. The van der Waals surface area contributed by atoms with E-state index in [2.05, 4.69) is 5.32 Å². The van der Waals surface area contributed by atoms with Crippen LogP contribution in [0.1, 0.15) is 6.92 Å². The molecule has 0 spiro atoms. The quantitative estimate of drug-likeness (QED) is 0.100. The predicted octanol–water partition coefficient (Wildman–Crippen LogP) is -7.31. The molecule has 240 valence electrons. The van der Waals surface area contributed by atoms with Gasteiger partial charge in [-0.25, -0.2) is 4.57 Å². The van der Waals surface area contributed by atoms with Crippen molar-refractivity contribution >= 4 is 13.7 Å². The summed E-state index contributed by atoms with van der Waals surface area (Å²) in [7, 11) is -5.23. The van der Waals surface area contributed by atoms with Crippen LogP contribution in [-0.4, -0.2) is 174 Å². The number of hydrogen-bond donors (Lipinski definition) is 12. The second-order valence-corrected chi connectivity index (χ2v) is 11.1. The van der Waals surface area contributed by atoms with Gasteiger partial charge in [0.2, 0.25) is 5.91 Å². The van der Waals surface area contributed by atoms with Gasteiger partial charge in [0.1, 0.15) is 73.2 Å². The molecule has 3 aliphatic heterocycles. The molecular weight excluding hydrogens is 589 g/mol. The lowest BCUT2D eigenvalue weighted by molar-refractivity contribution is -0.361. The Hall–Kier alpha value is -0.980. The van der Waals surface area contributed by atoms with E-state index in [1.54, 1.807) is 0 Å². The molecule has 0 aromatic heterocycles. The van der Waals surface area contributed by atoms with E-state index >= 15 is 0 Å². The number of phosphoric acid groups is 1. The summed E-state index contributed by atoms with van der Waals surface area (Å²) < 4.78 is 43.0. The molecule has 1 unspecified atom stereocenters. The van der Waals surface area contributed by atoms with Gasteiger partial charge in [-0.15, -0.1) is 0 Å². The number of nitrogens with one attached hydrogen (secondary N) is 1. The maximum Gasteiger partial charge on any atom is 0.474 e. The number of carbonyl (C=O) groups is 1. The van der Waals surface area contributed by atoms with E-state index in [-0.39, 0.29) is 0 Å². The lowest BCUT2D eigenvalue weighted by Gasteiger charge is -2.45. The second-order valence-electron chi connectivity index (χ2n) is 9.65. The molecule has 1 amide bonds. The van der Waals surface area contributed by atoms with Gasteiger partial charge < -0.3 is 80.2 Å². The van der Waals surface area contributed by atoms with Gasteiger partial charge >= 0.3 is 7.82 Å². The summed E-state index contributed by atoms with van der Waals surface area (Å²) in [6.07, 6.45) is -25.3.